The minimum atomic E-state index is -0.451. The molecular weight excluding hydrogens is 290 g/mol. The Morgan fingerprint density at radius 2 is 1.87 bits per heavy atom. The number of nitrogens with zero attached hydrogens (tertiary/aromatic N) is 3. The van der Waals surface area contributed by atoms with Gasteiger partial charge in [0.15, 0.2) is 5.69 Å². The van der Waals surface area contributed by atoms with E-state index < -0.39 is 5.60 Å². The Balaban J connectivity index is 1.88. The highest BCUT2D eigenvalue weighted by Gasteiger charge is 2.24. The molecule has 23 heavy (non-hydrogen) atoms. The largest absolute Gasteiger partial charge is 0.444 e. The molecule has 124 valence electrons. The molecule has 1 aromatic carbocycles. The first-order valence-corrected chi connectivity index (χ1v) is 8.04. The Morgan fingerprint density at radius 1 is 1.17 bits per heavy atom. The van der Waals surface area contributed by atoms with E-state index in [-0.39, 0.29) is 6.09 Å². The zero-order valence-corrected chi connectivity index (χ0v) is 14.2. The molecule has 1 heterocycles. The van der Waals surface area contributed by atoms with Crippen LogP contribution in [0.5, 0.6) is 0 Å². The minimum absolute atomic E-state index is 0.222. The van der Waals surface area contributed by atoms with Gasteiger partial charge in [-0.15, -0.1) is 0 Å². The van der Waals surface area contributed by atoms with Crippen LogP contribution in [0, 0.1) is 6.57 Å². The lowest BCUT2D eigenvalue weighted by Crippen LogP contribution is -2.39. The molecule has 1 aliphatic heterocycles. The number of amides is 1. The third-order valence-electron chi connectivity index (χ3n) is 3.71. The normalized spacial score (nSPS) is 16.5. The zero-order valence-electron chi connectivity index (χ0n) is 14.2. The second kappa shape index (κ2) is 7.47. The number of carbonyl (C=O) groups is 1. The molecule has 0 unspecified atom stereocenters. The van der Waals surface area contributed by atoms with Gasteiger partial charge in [-0.05, 0) is 32.8 Å². The van der Waals surface area contributed by atoms with Crippen molar-refractivity contribution >= 4 is 11.8 Å². The van der Waals surface area contributed by atoms with Crippen LogP contribution in [0.3, 0.4) is 0 Å². The summed E-state index contributed by atoms with van der Waals surface area (Å²) in [7, 11) is 0. The summed E-state index contributed by atoms with van der Waals surface area (Å²) in [4.78, 5) is 19.7. The van der Waals surface area contributed by atoms with E-state index in [0.717, 1.165) is 32.6 Å². The first-order valence-electron chi connectivity index (χ1n) is 8.04. The molecule has 1 aromatic rings. The molecule has 0 aliphatic carbocycles. The molecule has 0 N–H and O–H groups in total. The molecular formula is C18H25N3O2. The van der Waals surface area contributed by atoms with Crippen LogP contribution in [0.4, 0.5) is 10.5 Å². The predicted molar refractivity (Wildman–Crippen MR) is 90.4 cm³/mol. The number of hydrogen-bond donors (Lipinski definition) is 0. The summed E-state index contributed by atoms with van der Waals surface area (Å²) in [5.74, 6) is 0. The smallest absolute Gasteiger partial charge is 0.410 e. The fourth-order valence-corrected chi connectivity index (χ4v) is 2.57. The van der Waals surface area contributed by atoms with E-state index in [2.05, 4.69) is 9.74 Å². The maximum atomic E-state index is 12.2. The monoisotopic (exact) mass is 315 g/mol. The Labute approximate surface area is 138 Å². The summed E-state index contributed by atoms with van der Waals surface area (Å²) in [6, 6.07) is 7.72. The lowest BCUT2D eigenvalue weighted by Gasteiger charge is -2.26. The van der Waals surface area contributed by atoms with Gasteiger partial charge in [-0.2, -0.15) is 0 Å². The Kier molecular flexibility index (Phi) is 5.62. The first-order chi connectivity index (χ1) is 10.9. The van der Waals surface area contributed by atoms with Crippen LogP contribution in [-0.2, 0) is 11.3 Å². The minimum Gasteiger partial charge on any atom is -0.444 e. The summed E-state index contributed by atoms with van der Waals surface area (Å²) in [6.07, 6.45) is 0.722. The molecule has 1 amide bonds. The molecule has 0 saturated carbocycles. The van der Waals surface area contributed by atoms with Gasteiger partial charge in [0.25, 0.3) is 0 Å². The highest BCUT2D eigenvalue weighted by molar-refractivity contribution is 5.68. The van der Waals surface area contributed by atoms with E-state index in [1.165, 1.54) is 5.56 Å². The molecule has 5 heteroatoms. The second-order valence-electron chi connectivity index (χ2n) is 6.88. The number of rotatable bonds is 2. The van der Waals surface area contributed by atoms with E-state index in [4.69, 9.17) is 11.3 Å². The van der Waals surface area contributed by atoms with E-state index in [9.17, 15) is 4.79 Å². The van der Waals surface area contributed by atoms with Crippen molar-refractivity contribution < 1.29 is 9.53 Å². The predicted octanol–water partition coefficient (Wildman–Crippen LogP) is 3.68. The summed E-state index contributed by atoms with van der Waals surface area (Å²) >= 11 is 0. The van der Waals surface area contributed by atoms with E-state index in [0.29, 0.717) is 12.2 Å². The Morgan fingerprint density at radius 3 is 2.48 bits per heavy atom. The number of carbonyl (C=O) groups excluding carboxylic acids is 1. The van der Waals surface area contributed by atoms with Crippen molar-refractivity contribution in [1.29, 1.82) is 0 Å². The van der Waals surface area contributed by atoms with Gasteiger partial charge in [0.05, 0.1) is 6.57 Å². The molecule has 1 aliphatic rings. The summed E-state index contributed by atoms with van der Waals surface area (Å²) in [5.41, 5.74) is 1.41. The fraction of sp³-hybridized carbons (Fsp3) is 0.556. The molecule has 1 fully saturated rings. The van der Waals surface area contributed by atoms with Crippen molar-refractivity contribution in [3.05, 3.63) is 41.2 Å². The molecule has 0 bridgehead atoms. The van der Waals surface area contributed by atoms with Crippen LogP contribution in [0.15, 0.2) is 24.3 Å². The number of benzene rings is 1. The van der Waals surface area contributed by atoms with E-state index in [1.807, 2.05) is 45.0 Å². The average molecular weight is 315 g/mol. The molecule has 0 radical (unpaired) electrons. The highest BCUT2D eigenvalue weighted by atomic mass is 16.6. The van der Waals surface area contributed by atoms with Crippen LogP contribution < -0.4 is 0 Å². The van der Waals surface area contributed by atoms with Gasteiger partial charge in [0, 0.05) is 32.7 Å². The summed E-state index contributed by atoms with van der Waals surface area (Å²) in [5, 5.41) is 0. The van der Waals surface area contributed by atoms with Crippen LogP contribution in [0.1, 0.15) is 32.8 Å². The van der Waals surface area contributed by atoms with Gasteiger partial charge in [0.2, 0.25) is 0 Å². The van der Waals surface area contributed by atoms with Gasteiger partial charge in [-0.25, -0.2) is 9.64 Å². The van der Waals surface area contributed by atoms with Crippen molar-refractivity contribution in [1.82, 2.24) is 9.80 Å². The summed E-state index contributed by atoms with van der Waals surface area (Å²) in [6.45, 7) is 16.7. The third-order valence-corrected chi connectivity index (χ3v) is 3.71. The zero-order chi connectivity index (χ0) is 16.9. The maximum absolute atomic E-state index is 12.2. The van der Waals surface area contributed by atoms with Crippen molar-refractivity contribution in [2.45, 2.75) is 39.3 Å². The molecule has 0 spiro atoms. The van der Waals surface area contributed by atoms with E-state index >= 15 is 0 Å². The third kappa shape index (κ3) is 5.57. The Bertz CT molecular complexity index is 569. The molecule has 5 nitrogen and oxygen atoms in total. The van der Waals surface area contributed by atoms with Crippen molar-refractivity contribution in [3.63, 3.8) is 0 Å². The number of hydrogen-bond acceptors (Lipinski definition) is 3. The highest BCUT2D eigenvalue weighted by Crippen LogP contribution is 2.16. The van der Waals surface area contributed by atoms with Gasteiger partial charge < -0.3 is 9.64 Å². The second-order valence-corrected chi connectivity index (χ2v) is 6.88. The van der Waals surface area contributed by atoms with Crippen molar-refractivity contribution in [2.75, 3.05) is 26.2 Å². The van der Waals surface area contributed by atoms with Crippen LogP contribution in [0.25, 0.3) is 4.85 Å². The van der Waals surface area contributed by atoms with Crippen LogP contribution in [0.2, 0.25) is 0 Å². The fourth-order valence-electron chi connectivity index (χ4n) is 2.57. The Hall–Kier alpha value is -2.06. The van der Waals surface area contributed by atoms with Gasteiger partial charge in [0.1, 0.15) is 5.60 Å². The summed E-state index contributed by atoms with van der Waals surface area (Å²) < 4.78 is 5.45. The molecule has 0 atom stereocenters. The van der Waals surface area contributed by atoms with Crippen molar-refractivity contribution in [2.24, 2.45) is 0 Å². The number of ether oxygens (including phenoxy) is 1. The van der Waals surface area contributed by atoms with Gasteiger partial charge >= 0.3 is 6.09 Å². The van der Waals surface area contributed by atoms with Gasteiger partial charge in [-0.3, -0.25) is 4.90 Å². The van der Waals surface area contributed by atoms with Gasteiger partial charge in [-0.1, -0.05) is 24.3 Å². The van der Waals surface area contributed by atoms with E-state index in [1.54, 1.807) is 4.90 Å². The maximum Gasteiger partial charge on any atom is 0.410 e. The molecule has 1 saturated heterocycles. The molecule has 0 aromatic heterocycles. The molecule has 2 rings (SSSR count). The lowest BCUT2D eigenvalue weighted by molar-refractivity contribution is 0.0257. The topological polar surface area (TPSA) is 37.1 Å². The SMILES string of the molecule is [C-]#[N+]c1ccc(CN2CCCN(C(=O)OC(C)(C)C)CC2)cc1. The first kappa shape index (κ1) is 17.3. The lowest BCUT2D eigenvalue weighted by atomic mass is 10.2. The van der Waals surface area contributed by atoms with Crippen molar-refractivity contribution in [3.8, 4) is 0 Å². The quantitative estimate of drug-likeness (QED) is 0.781. The van der Waals surface area contributed by atoms with Crippen LogP contribution >= 0.6 is 0 Å². The standard InChI is InChI=1S/C18H25N3O2/c1-18(2,3)23-17(22)21-11-5-10-20(12-13-21)14-15-6-8-16(19-4)9-7-15/h6-9H,5,10-14H2,1-3H3. The van der Waals surface area contributed by atoms with Crippen LogP contribution in [-0.4, -0.2) is 47.7 Å². The average Bonchev–Trinajstić information content (AvgIpc) is 2.72.